The smallest absolute Gasteiger partial charge is 0.255 e. The van der Waals surface area contributed by atoms with Gasteiger partial charge in [0.2, 0.25) is 0 Å². The van der Waals surface area contributed by atoms with Crippen LogP contribution in [-0.4, -0.2) is 56.7 Å². The summed E-state index contributed by atoms with van der Waals surface area (Å²) >= 11 is 6.25. The Balaban J connectivity index is 1.48. The van der Waals surface area contributed by atoms with Crippen LogP contribution < -0.4 is 4.90 Å². The molecule has 0 bridgehead atoms. The van der Waals surface area contributed by atoms with Gasteiger partial charge in [-0.3, -0.25) is 4.79 Å². The molecule has 0 unspecified atom stereocenters. The molecule has 180 valence electrons. The maximum atomic E-state index is 13.5. The van der Waals surface area contributed by atoms with Crippen molar-refractivity contribution in [1.29, 1.82) is 0 Å². The highest BCUT2D eigenvalue weighted by atomic mass is 35.5. The van der Waals surface area contributed by atoms with Crippen LogP contribution in [0.25, 0.3) is 16.7 Å². The van der Waals surface area contributed by atoms with Crippen LogP contribution in [0.1, 0.15) is 35.2 Å². The number of carbonyl (C=O) groups is 1. The van der Waals surface area contributed by atoms with E-state index in [4.69, 9.17) is 26.7 Å². The lowest BCUT2D eigenvalue weighted by Crippen LogP contribution is -2.49. The van der Waals surface area contributed by atoms with Gasteiger partial charge in [-0.25, -0.2) is 19.0 Å². The Morgan fingerprint density at radius 3 is 2.43 bits per heavy atom. The standard InChI is InChI=1S/C26H26ClFN6O/c1-3-6-22-29-24(23-17(2)31-34(25(23)30-22)19-11-9-18(28)10-12-19)32-13-15-33(16-14-32)26(35)20-7-4-5-8-21(20)27/h4-5,7-12H,3,6,13-16H2,1-2H3. The predicted octanol–water partition coefficient (Wildman–Crippen LogP) is 4.83. The molecule has 3 heterocycles. The topological polar surface area (TPSA) is 67.2 Å². The van der Waals surface area contributed by atoms with Crippen molar-refractivity contribution in [3.05, 3.63) is 76.5 Å². The first kappa shape index (κ1) is 23.2. The molecule has 5 rings (SSSR count). The van der Waals surface area contributed by atoms with Crippen molar-refractivity contribution in [2.75, 3.05) is 31.1 Å². The number of nitrogens with zero attached hydrogens (tertiary/aromatic N) is 6. The van der Waals surface area contributed by atoms with Crippen LogP contribution >= 0.6 is 11.6 Å². The molecule has 0 atom stereocenters. The van der Waals surface area contributed by atoms with Crippen LogP contribution in [0.5, 0.6) is 0 Å². The van der Waals surface area contributed by atoms with Crippen molar-refractivity contribution in [1.82, 2.24) is 24.6 Å². The van der Waals surface area contributed by atoms with Crippen LogP contribution in [0, 0.1) is 12.7 Å². The molecule has 0 saturated carbocycles. The summed E-state index contributed by atoms with van der Waals surface area (Å²) in [7, 11) is 0. The third kappa shape index (κ3) is 4.46. The highest BCUT2D eigenvalue weighted by Gasteiger charge is 2.27. The highest BCUT2D eigenvalue weighted by molar-refractivity contribution is 6.33. The fourth-order valence-corrected chi connectivity index (χ4v) is 4.67. The van der Waals surface area contributed by atoms with Crippen molar-refractivity contribution in [3.63, 3.8) is 0 Å². The quantitative estimate of drug-likeness (QED) is 0.399. The molecule has 1 amide bonds. The van der Waals surface area contributed by atoms with E-state index in [1.54, 1.807) is 28.9 Å². The Hall–Kier alpha value is -3.52. The molecule has 0 spiro atoms. The lowest BCUT2D eigenvalue weighted by Gasteiger charge is -2.36. The van der Waals surface area contributed by atoms with Crippen molar-refractivity contribution in [2.45, 2.75) is 26.7 Å². The number of anilines is 1. The first-order valence-corrected chi connectivity index (χ1v) is 12.1. The average molecular weight is 493 g/mol. The molecule has 1 aliphatic heterocycles. The van der Waals surface area contributed by atoms with Crippen molar-refractivity contribution >= 4 is 34.4 Å². The minimum atomic E-state index is -0.298. The van der Waals surface area contributed by atoms with E-state index in [0.29, 0.717) is 42.4 Å². The Kier molecular flexibility index (Phi) is 6.38. The average Bonchev–Trinajstić information content (AvgIpc) is 3.20. The summed E-state index contributed by atoms with van der Waals surface area (Å²) in [5.74, 6) is 1.21. The van der Waals surface area contributed by atoms with Gasteiger partial charge in [-0.05, 0) is 49.7 Å². The van der Waals surface area contributed by atoms with Gasteiger partial charge in [0.1, 0.15) is 17.5 Å². The summed E-state index contributed by atoms with van der Waals surface area (Å²) in [4.78, 5) is 26.8. The molecular weight excluding hydrogens is 467 g/mol. The van der Waals surface area contributed by atoms with E-state index in [1.165, 1.54) is 12.1 Å². The summed E-state index contributed by atoms with van der Waals surface area (Å²) in [6, 6.07) is 13.4. The van der Waals surface area contributed by atoms with E-state index in [-0.39, 0.29) is 11.7 Å². The second-order valence-electron chi connectivity index (χ2n) is 8.64. The monoisotopic (exact) mass is 492 g/mol. The van der Waals surface area contributed by atoms with Gasteiger partial charge in [0.25, 0.3) is 5.91 Å². The summed E-state index contributed by atoms with van der Waals surface area (Å²) < 4.78 is 15.3. The number of benzene rings is 2. The molecule has 2 aromatic heterocycles. The molecule has 1 fully saturated rings. The van der Waals surface area contributed by atoms with Gasteiger partial charge in [0.05, 0.1) is 27.4 Å². The number of aryl methyl sites for hydroxylation is 2. The second-order valence-corrected chi connectivity index (χ2v) is 9.05. The zero-order chi connectivity index (χ0) is 24.5. The lowest BCUT2D eigenvalue weighted by atomic mass is 10.1. The van der Waals surface area contributed by atoms with Crippen molar-refractivity contribution < 1.29 is 9.18 Å². The first-order chi connectivity index (χ1) is 17.0. The van der Waals surface area contributed by atoms with E-state index in [0.717, 1.165) is 41.3 Å². The number of aromatic nitrogens is 4. The molecule has 0 N–H and O–H groups in total. The first-order valence-electron chi connectivity index (χ1n) is 11.8. The summed E-state index contributed by atoms with van der Waals surface area (Å²) in [5, 5.41) is 6.06. The third-order valence-electron chi connectivity index (χ3n) is 6.25. The van der Waals surface area contributed by atoms with Gasteiger partial charge < -0.3 is 9.80 Å². The number of hydrogen-bond acceptors (Lipinski definition) is 5. The van der Waals surface area contributed by atoms with E-state index in [2.05, 4.69) is 11.8 Å². The van der Waals surface area contributed by atoms with Gasteiger partial charge in [-0.2, -0.15) is 5.10 Å². The molecule has 1 aliphatic rings. The number of hydrogen-bond donors (Lipinski definition) is 0. The molecule has 9 heteroatoms. The number of carbonyl (C=O) groups excluding carboxylic acids is 1. The molecule has 0 radical (unpaired) electrons. The molecule has 2 aromatic carbocycles. The van der Waals surface area contributed by atoms with E-state index >= 15 is 0 Å². The zero-order valence-electron chi connectivity index (χ0n) is 19.7. The predicted molar refractivity (Wildman–Crippen MR) is 135 cm³/mol. The highest BCUT2D eigenvalue weighted by Crippen LogP contribution is 2.30. The molecule has 35 heavy (non-hydrogen) atoms. The molecule has 7 nitrogen and oxygen atoms in total. The number of amides is 1. The van der Waals surface area contributed by atoms with Crippen molar-refractivity contribution in [3.8, 4) is 5.69 Å². The van der Waals surface area contributed by atoms with Gasteiger partial charge in [0, 0.05) is 32.6 Å². The van der Waals surface area contributed by atoms with Gasteiger partial charge in [-0.1, -0.05) is 30.7 Å². The maximum absolute atomic E-state index is 13.5. The van der Waals surface area contributed by atoms with Crippen LogP contribution in [0.15, 0.2) is 48.5 Å². The van der Waals surface area contributed by atoms with Gasteiger partial charge in [-0.15, -0.1) is 0 Å². The Bertz CT molecular complexity index is 1380. The number of halogens is 2. The van der Waals surface area contributed by atoms with Gasteiger partial charge in [0.15, 0.2) is 5.65 Å². The maximum Gasteiger partial charge on any atom is 0.255 e. The molecule has 1 saturated heterocycles. The van der Waals surface area contributed by atoms with E-state index < -0.39 is 0 Å². The summed E-state index contributed by atoms with van der Waals surface area (Å²) in [5.41, 5.74) is 2.77. The third-order valence-corrected chi connectivity index (χ3v) is 6.57. The number of fused-ring (bicyclic) bond motifs is 1. The minimum Gasteiger partial charge on any atom is -0.352 e. The fourth-order valence-electron chi connectivity index (χ4n) is 4.46. The fraction of sp³-hybridized carbons (Fsp3) is 0.308. The lowest BCUT2D eigenvalue weighted by molar-refractivity contribution is 0.0746. The van der Waals surface area contributed by atoms with E-state index in [1.807, 2.05) is 24.0 Å². The molecule has 0 aliphatic carbocycles. The van der Waals surface area contributed by atoms with Crippen LogP contribution in [-0.2, 0) is 6.42 Å². The normalized spacial score (nSPS) is 14.1. The van der Waals surface area contributed by atoms with E-state index in [9.17, 15) is 9.18 Å². The van der Waals surface area contributed by atoms with Gasteiger partial charge >= 0.3 is 0 Å². The zero-order valence-corrected chi connectivity index (χ0v) is 20.5. The summed E-state index contributed by atoms with van der Waals surface area (Å²) in [6.07, 6.45) is 1.65. The van der Waals surface area contributed by atoms with Crippen LogP contribution in [0.4, 0.5) is 10.2 Å². The summed E-state index contributed by atoms with van der Waals surface area (Å²) in [6.45, 7) is 6.42. The molecule has 4 aromatic rings. The SMILES string of the molecule is CCCc1nc(N2CCN(C(=O)c3ccccc3Cl)CC2)c2c(C)nn(-c3ccc(F)cc3)c2n1. The van der Waals surface area contributed by atoms with Crippen molar-refractivity contribution in [2.24, 2.45) is 0 Å². The minimum absolute atomic E-state index is 0.0601. The molecular formula is C26H26ClFN6O. The number of rotatable bonds is 5. The number of piperazine rings is 1. The largest absolute Gasteiger partial charge is 0.352 e. The van der Waals surface area contributed by atoms with Crippen LogP contribution in [0.3, 0.4) is 0 Å². The Labute approximate surface area is 208 Å². The Morgan fingerprint density at radius 1 is 1.03 bits per heavy atom. The van der Waals surface area contributed by atoms with Crippen LogP contribution in [0.2, 0.25) is 5.02 Å². The second kappa shape index (κ2) is 9.62. The Morgan fingerprint density at radius 2 is 1.74 bits per heavy atom.